The van der Waals surface area contributed by atoms with Crippen LogP contribution in [-0.2, 0) is 26.0 Å². The molecule has 1 atom stereocenters. The molecule has 0 spiro atoms. The minimum absolute atomic E-state index is 0.0567. The van der Waals surface area contributed by atoms with Crippen LogP contribution in [0.1, 0.15) is 18.9 Å². The summed E-state index contributed by atoms with van der Waals surface area (Å²) in [5.41, 5.74) is 1.03. The molecule has 2 heterocycles. The molecule has 0 aromatic heterocycles. The van der Waals surface area contributed by atoms with Gasteiger partial charge in [0, 0.05) is 26.2 Å². The summed E-state index contributed by atoms with van der Waals surface area (Å²) in [6, 6.07) is 10.2. The molecule has 1 fully saturated rings. The second kappa shape index (κ2) is 8.87. The average Bonchev–Trinajstić information content (AvgIpc) is 2.79. The Labute approximate surface area is 186 Å². The van der Waals surface area contributed by atoms with Crippen molar-refractivity contribution < 1.29 is 27.1 Å². The molecule has 8 nitrogen and oxygen atoms in total. The van der Waals surface area contributed by atoms with Gasteiger partial charge in [-0.2, -0.15) is 4.31 Å². The van der Waals surface area contributed by atoms with Gasteiger partial charge in [0.05, 0.1) is 17.0 Å². The number of hydrogen-bond acceptors (Lipinski definition) is 5. The van der Waals surface area contributed by atoms with Crippen LogP contribution in [0.25, 0.3) is 0 Å². The predicted molar refractivity (Wildman–Crippen MR) is 115 cm³/mol. The van der Waals surface area contributed by atoms with Crippen molar-refractivity contribution in [2.45, 2.75) is 30.8 Å². The number of piperazine rings is 1. The number of rotatable bonds is 5. The summed E-state index contributed by atoms with van der Waals surface area (Å²) in [6.07, 6.45) is 0.0525. The van der Waals surface area contributed by atoms with Crippen LogP contribution in [0.15, 0.2) is 47.4 Å². The number of ether oxygens (including phenoxy) is 1. The third-order valence-electron chi connectivity index (χ3n) is 5.64. The van der Waals surface area contributed by atoms with E-state index in [1.54, 1.807) is 23.1 Å². The standard InChI is InChI=1S/C22H24FN3O5S/c1-2-19-22(28)24-18-14-17(7-8-20(18)31-19)32(29,30)26-11-9-25(10-12-26)21(27)13-15-3-5-16(23)6-4-15/h3-8,14,19H,2,9-13H2,1H3,(H,24,28)/t19-/m1/s1. The van der Waals surface area contributed by atoms with Gasteiger partial charge in [0.15, 0.2) is 6.10 Å². The third kappa shape index (κ3) is 4.46. The van der Waals surface area contributed by atoms with Crippen molar-refractivity contribution in [2.24, 2.45) is 0 Å². The molecule has 10 heteroatoms. The first kappa shape index (κ1) is 22.2. The molecule has 2 aromatic carbocycles. The van der Waals surface area contributed by atoms with E-state index in [-0.39, 0.29) is 55.1 Å². The van der Waals surface area contributed by atoms with Crippen LogP contribution >= 0.6 is 0 Å². The van der Waals surface area contributed by atoms with Gasteiger partial charge in [-0.1, -0.05) is 19.1 Å². The summed E-state index contributed by atoms with van der Waals surface area (Å²) >= 11 is 0. The van der Waals surface area contributed by atoms with Crippen molar-refractivity contribution in [2.75, 3.05) is 31.5 Å². The Kier molecular flexibility index (Phi) is 6.16. The normalized spacial score (nSPS) is 19.1. The SMILES string of the molecule is CC[C@H]1Oc2ccc(S(=O)(=O)N3CCN(C(=O)Cc4ccc(F)cc4)CC3)cc2NC1=O. The maximum absolute atomic E-state index is 13.1. The van der Waals surface area contributed by atoms with Crippen LogP contribution in [0, 0.1) is 5.82 Å². The van der Waals surface area contributed by atoms with Crippen LogP contribution in [0.3, 0.4) is 0 Å². The van der Waals surface area contributed by atoms with Gasteiger partial charge in [-0.05, 0) is 42.3 Å². The molecule has 2 aliphatic heterocycles. The van der Waals surface area contributed by atoms with Crippen molar-refractivity contribution in [3.05, 3.63) is 53.8 Å². The zero-order valence-electron chi connectivity index (χ0n) is 17.6. The van der Waals surface area contributed by atoms with E-state index in [0.717, 1.165) is 0 Å². The number of anilines is 1. The Hall–Kier alpha value is -2.98. The molecule has 1 saturated heterocycles. The fourth-order valence-electron chi connectivity index (χ4n) is 3.77. The molecule has 2 amide bonds. The van der Waals surface area contributed by atoms with Gasteiger partial charge in [0.25, 0.3) is 5.91 Å². The maximum atomic E-state index is 13.1. The van der Waals surface area contributed by atoms with E-state index in [1.807, 2.05) is 6.92 Å². The van der Waals surface area contributed by atoms with E-state index < -0.39 is 16.1 Å². The van der Waals surface area contributed by atoms with E-state index in [9.17, 15) is 22.4 Å². The average molecular weight is 462 g/mol. The molecule has 0 saturated carbocycles. The molecule has 0 unspecified atom stereocenters. The second-order valence-electron chi connectivity index (χ2n) is 7.75. The van der Waals surface area contributed by atoms with Crippen LogP contribution in [0.4, 0.5) is 10.1 Å². The number of hydrogen-bond donors (Lipinski definition) is 1. The van der Waals surface area contributed by atoms with Crippen LogP contribution in [0.2, 0.25) is 0 Å². The van der Waals surface area contributed by atoms with Crippen molar-refractivity contribution in [1.29, 1.82) is 0 Å². The molecular formula is C22H24FN3O5S. The lowest BCUT2D eigenvalue weighted by Gasteiger charge is -2.34. The Morgan fingerprint density at radius 3 is 2.47 bits per heavy atom. The Balaban J connectivity index is 1.41. The van der Waals surface area contributed by atoms with Crippen molar-refractivity contribution in [3.63, 3.8) is 0 Å². The maximum Gasteiger partial charge on any atom is 0.265 e. The quantitative estimate of drug-likeness (QED) is 0.735. The summed E-state index contributed by atoms with van der Waals surface area (Å²) in [4.78, 5) is 26.2. The lowest BCUT2D eigenvalue weighted by molar-refractivity contribution is -0.131. The largest absolute Gasteiger partial charge is 0.478 e. The zero-order valence-corrected chi connectivity index (χ0v) is 18.4. The first-order chi connectivity index (χ1) is 15.3. The molecule has 0 radical (unpaired) electrons. The van der Waals surface area contributed by atoms with Gasteiger partial charge < -0.3 is 15.0 Å². The number of amides is 2. The molecule has 0 bridgehead atoms. The molecule has 2 aliphatic rings. The van der Waals surface area contributed by atoms with E-state index in [1.165, 1.54) is 28.6 Å². The monoisotopic (exact) mass is 461 g/mol. The van der Waals surface area contributed by atoms with Gasteiger partial charge in [-0.3, -0.25) is 9.59 Å². The smallest absolute Gasteiger partial charge is 0.265 e. The number of fused-ring (bicyclic) bond motifs is 1. The Bertz CT molecular complexity index is 1130. The predicted octanol–water partition coefficient (Wildman–Crippen LogP) is 2.01. The summed E-state index contributed by atoms with van der Waals surface area (Å²) in [7, 11) is -3.80. The number of carbonyl (C=O) groups excluding carboxylic acids is 2. The highest BCUT2D eigenvalue weighted by Gasteiger charge is 2.32. The molecule has 170 valence electrons. The summed E-state index contributed by atoms with van der Waals surface area (Å²) in [5.74, 6) is -0.360. The number of nitrogens with zero attached hydrogens (tertiary/aromatic N) is 2. The van der Waals surface area contributed by atoms with Gasteiger partial charge in [0.2, 0.25) is 15.9 Å². The Morgan fingerprint density at radius 1 is 1.12 bits per heavy atom. The third-order valence-corrected chi connectivity index (χ3v) is 7.53. The molecule has 1 N–H and O–H groups in total. The van der Waals surface area contributed by atoms with Crippen LogP contribution in [-0.4, -0.2) is 61.7 Å². The number of benzene rings is 2. The van der Waals surface area contributed by atoms with Crippen LogP contribution < -0.4 is 10.1 Å². The summed E-state index contributed by atoms with van der Waals surface area (Å²) in [6.45, 7) is 2.69. The lowest BCUT2D eigenvalue weighted by atomic mass is 10.1. The van der Waals surface area contributed by atoms with E-state index in [4.69, 9.17) is 4.74 Å². The first-order valence-corrected chi connectivity index (χ1v) is 11.9. The number of nitrogens with one attached hydrogen (secondary N) is 1. The number of sulfonamides is 1. The molecule has 4 rings (SSSR count). The lowest BCUT2D eigenvalue weighted by Crippen LogP contribution is -2.50. The molecule has 0 aliphatic carbocycles. The first-order valence-electron chi connectivity index (χ1n) is 10.4. The van der Waals surface area contributed by atoms with Crippen LogP contribution in [0.5, 0.6) is 5.75 Å². The number of carbonyl (C=O) groups is 2. The van der Waals surface area contributed by atoms with E-state index in [2.05, 4.69) is 5.32 Å². The molecular weight excluding hydrogens is 437 g/mol. The van der Waals surface area contributed by atoms with Gasteiger partial charge >= 0.3 is 0 Å². The summed E-state index contributed by atoms with van der Waals surface area (Å²) in [5, 5.41) is 2.70. The topological polar surface area (TPSA) is 96.0 Å². The second-order valence-corrected chi connectivity index (χ2v) is 9.69. The van der Waals surface area contributed by atoms with Crippen molar-refractivity contribution >= 4 is 27.5 Å². The van der Waals surface area contributed by atoms with Gasteiger partial charge in [-0.15, -0.1) is 0 Å². The Morgan fingerprint density at radius 2 is 1.81 bits per heavy atom. The minimum atomic E-state index is -3.80. The van der Waals surface area contributed by atoms with Gasteiger partial charge in [-0.25, -0.2) is 12.8 Å². The van der Waals surface area contributed by atoms with Crippen molar-refractivity contribution in [3.8, 4) is 5.75 Å². The highest BCUT2D eigenvalue weighted by Crippen LogP contribution is 2.33. The zero-order chi connectivity index (χ0) is 22.9. The highest BCUT2D eigenvalue weighted by atomic mass is 32.2. The molecule has 2 aromatic rings. The summed E-state index contributed by atoms with van der Waals surface area (Å²) < 4.78 is 46.2. The van der Waals surface area contributed by atoms with Gasteiger partial charge in [0.1, 0.15) is 11.6 Å². The molecule has 32 heavy (non-hydrogen) atoms. The fraction of sp³-hybridized carbons (Fsp3) is 0.364. The van der Waals surface area contributed by atoms with E-state index in [0.29, 0.717) is 23.4 Å². The van der Waals surface area contributed by atoms with Crippen molar-refractivity contribution in [1.82, 2.24) is 9.21 Å². The number of halogens is 1. The van der Waals surface area contributed by atoms with E-state index >= 15 is 0 Å². The minimum Gasteiger partial charge on any atom is -0.478 e. The fourth-order valence-corrected chi connectivity index (χ4v) is 5.22. The highest BCUT2D eigenvalue weighted by molar-refractivity contribution is 7.89.